The largest absolute Gasteiger partial charge is 0.460 e. The Morgan fingerprint density at radius 2 is 2.40 bits per heavy atom. The molecule has 0 radical (unpaired) electrons. The van der Waals surface area contributed by atoms with Crippen molar-refractivity contribution in [2.45, 2.75) is 24.9 Å². The number of esters is 1. The summed E-state index contributed by atoms with van der Waals surface area (Å²) in [5.74, 6) is 0.271. The summed E-state index contributed by atoms with van der Waals surface area (Å²) in [4.78, 5) is 30.8. The van der Waals surface area contributed by atoms with Gasteiger partial charge in [-0.1, -0.05) is 18.7 Å². The number of aromatic nitrogens is 1. The van der Waals surface area contributed by atoms with E-state index in [1.54, 1.807) is 18.0 Å². The summed E-state index contributed by atoms with van der Waals surface area (Å²) in [5, 5.41) is 2.83. The van der Waals surface area contributed by atoms with Crippen LogP contribution >= 0.6 is 11.8 Å². The van der Waals surface area contributed by atoms with Crippen LogP contribution in [-0.2, 0) is 20.7 Å². The van der Waals surface area contributed by atoms with Gasteiger partial charge in [-0.25, -0.2) is 4.79 Å². The standard InChI is InChI=1S/C18H25N3O3S/c1-3-11-24-18(23)15(8-12-25-2)20-17(22)16-13-21(16)10-7-14-6-4-5-9-19-14/h3-6,9,15-16H,1,7-8,10-13H2,2H3,(H,20,22). The molecule has 1 fully saturated rings. The Morgan fingerprint density at radius 1 is 1.56 bits per heavy atom. The van der Waals surface area contributed by atoms with E-state index in [4.69, 9.17) is 4.74 Å². The molecule has 6 nitrogen and oxygen atoms in total. The Kier molecular flexibility index (Phi) is 7.94. The summed E-state index contributed by atoms with van der Waals surface area (Å²) < 4.78 is 5.08. The lowest BCUT2D eigenvalue weighted by molar-refractivity contribution is -0.146. The number of rotatable bonds is 11. The molecule has 0 aliphatic carbocycles. The minimum absolute atomic E-state index is 0.109. The van der Waals surface area contributed by atoms with E-state index >= 15 is 0 Å². The lowest BCUT2D eigenvalue weighted by Gasteiger charge is -2.17. The molecule has 1 aliphatic heterocycles. The predicted octanol–water partition coefficient (Wildman–Crippen LogP) is 1.28. The van der Waals surface area contributed by atoms with Crippen molar-refractivity contribution in [1.29, 1.82) is 0 Å². The number of carbonyl (C=O) groups is 2. The molecule has 3 atom stereocenters. The van der Waals surface area contributed by atoms with Crippen molar-refractivity contribution < 1.29 is 14.3 Å². The second-order valence-electron chi connectivity index (χ2n) is 5.84. The quantitative estimate of drug-likeness (QED) is 0.363. The van der Waals surface area contributed by atoms with Gasteiger partial charge in [0.05, 0.1) is 0 Å². The van der Waals surface area contributed by atoms with Crippen LogP contribution in [0.2, 0.25) is 0 Å². The molecule has 1 saturated heterocycles. The number of amides is 1. The summed E-state index contributed by atoms with van der Waals surface area (Å²) in [7, 11) is 0. The highest BCUT2D eigenvalue weighted by Crippen LogP contribution is 2.18. The van der Waals surface area contributed by atoms with E-state index in [-0.39, 0.29) is 18.6 Å². The fourth-order valence-corrected chi connectivity index (χ4v) is 2.94. The Hall–Kier alpha value is -1.86. The van der Waals surface area contributed by atoms with Gasteiger partial charge in [-0.15, -0.1) is 0 Å². The normalized spacial score (nSPS) is 19.7. The number of thioether (sulfide) groups is 1. The monoisotopic (exact) mass is 363 g/mol. The van der Waals surface area contributed by atoms with Crippen molar-refractivity contribution in [3.8, 4) is 0 Å². The van der Waals surface area contributed by atoms with Gasteiger partial charge in [0.25, 0.3) is 0 Å². The van der Waals surface area contributed by atoms with E-state index in [0.717, 1.165) is 31.0 Å². The molecule has 2 heterocycles. The van der Waals surface area contributed by atoms with Crippen molar-refractivity contribution in [2.75, 3.05) is 31.7 Å². The number of pyridine rings is 1. The first-order chi connectivity index (χ1) is 12.2. The highest BCUT2D eigenvalue weighted by Gasteiger charge is 2.41. The first-order valence-corrected chi connectivity index (χ1v) is 9.76. The van der Waals surface area contributed by atoms with E-state index < -0.39 is 12.0 Å². The number of hydrogen-bond donors (Lipinski definition) is 1. The van der Waals surface area contributed by atoms with Crippen LogP contribution < -0.4 is 5.32 Å². The third kappa shape index (κ3) is 6.51. The zero-order valence-electron chi connectivity index (χ0n) is 14.5. The molecule has 0 spiro atoms. The summed E-state index contributed by atoms with van der Waals surface area (Å²) in [6.45, 7) is 5.19. The van der Waals surface area contributed by atoms with Gasteiger partial charge in [0.15, 0.2) is 0 Å². The third-order valence-electron chi connectivity index (χ3n) is 3.95. The number of nitrogens with one attached hydrogen (secondary N) is 1. The van der Waals surface area contributed by atoms with Crippen LogP contribution in [0.1, 0.15) is 12.1 Å². The molecule has 2 rings (SSSR count). The van der Waals surface area contributed by atoms with Crippen LogP contribution in [0.4, 0.5) is 0 Å². The number of carbonyl (C=O) groups excluding carboxylic acids is 2. The molecule has 1 aliphatic rings. The smallest absolute Gasteiger partial charge is 0.328 e. The van der Waals surface area contributed by atoms with Gasteiger partial charge in [0, 0.05) is 31.4 Å². The number of nitrogens with zero attached hydrogens (tertiary/aromatic N) is 2. The molecule has 25 heavy (non-hydrogen) atoms. The van der Waals surface area contributed by atoms with Crippen LogP contribution in [0.15, 0.2) is 37.1 Å². The minimum Gasteiger partial charge on any atom is -0.460 e. The molecule has 0 bridgehead atoms. The van der Waals surface area contributed by atoms with E-state index in [0.29, 0.717) is 6.42 Å². The third-order valence-corrected chi connectivity index (χ3v) is 4.60. The average molecular weight is 363 g/mol. The highest BCUT2D eigenvalue weighted by molar-refractivity contribution is 7.98. The van der Waals surface area contributed by atoms with Crippen molar-refractivity contribution >= 4 is 23.6 Å². The van der Waals surface area contributed by atoms with Crippen molar-refractivity contribution in [3.63, 3.8) is 0 Å². The molecule has 1 N–H and O–H groups in total. The van der Waals surface area contributed by atoms with Gasteiger partial charge in [-0.2, -0.15) is 11.8 Å². The molecule has 1 aromatic rings. The molecule has 136 valence electrons. The molecule has 0 saturated carbocycles. The summed E-state index contributed by atoms with van der Waals surface area (Å²) in [6, 6.07) is 5.06. The Morgan fingerprint density at radius 3 is 3.08 bits per heavy atom. The fraction of sp³-hybridized carbons (Fsp3) is 0.500. The van der Waals surface area contributed by atoms with E-state index in [1.807, 2.05) is 24.5 Å². The zero-order valence-corrected chi connectivity index (χ0v) is 15.3. The van der Waals surface area contributed by atoms with Gasteiger partial charge < -0.3 is 10.1 Å². The Labute approximate surface area is 153 Å². The maximum absolute atomic E-state index is 12.4. The second-order valence-corrected chi connectivity index (χ2v) is 6.83. The molecular formula is C18H25N3O3S. The molecule has 7 heteroatoms. The van der Waals surface area contributed by atoms with Crippen LogP contribution in [0.3, 0.4) is 0 Å². The molecular weight excluding hydrogens is 338 g/mol. The predicted molar refractivity (Wildman–Crippen MR) is 99.4 cm³/mol. The summed E-state index contributed by atoms with van der Waals surface area (Å²) in [5.41, 5.74) is 1.01. The summed E-state index contributed by atoms with van der Waals surface area (Å²) >= 11 is 1.63. The van der Waals surface area contributed by atoms with Gasteiger partial charge in [-0.3, -0.25) is 14.7 Å². The summed E-state index contributed by atoms with van der Waals surface area (Å²) in [6.07, 6.45) is 6.62. The maximum Gasteiger partial charge on any atom is 0.328 e. The molecule has 1 amide bonds. The van der Waals surface area contributed by atoms with Crippen molar-refractivity contribution in [2.24, 2.45) is 0 Å². The zero-order chi connectivity index (χ0) is 18.1. The first kappa shape index (κ1) is 19.5. The minimum atomic E-state index is -0.599. The first-order valence-electron chi connectivity index (χ1n) is 8.36. The maximum atomic E-state index is 12.4. The van der Waals surface area contributed by atoms with Gasteiger partial charge in [0.2, 0.25) is 5.91 Å². The Bertz CT molecular complexity index is 582. The van der Waals surface area contributed by atoms with Crippen LogP contribution in [0, 0.1) is 0 Å². The second kappa shape index (κ2) is 10.2. The van der Waals surface area contributed by atoms with Crippen molar-refractivity contribution in [1.82, 2.24) is 15.2 Å². The number of ether oxygens (including phenoxy) is 1. The van der Waals surface area contributed by atoms with E-state index in [2.05, 4.69) is 21.8 Å². The molecule has 3 unspecified atom stereocenters. The van der Waals surface area contributed by atoms with E-state index in [9.17, 15) is 9.59 Å². The SMILES string of the molecule is C=CCOC(=O)C(CCSC)NC(=O)C1CN1CCc1ccccn1. The van der Waals surface area contributed by atoms with Crippen LogP contribution in [-0.4, -0.2) is 65.5 Å². The van der Waals surface area contributed by atoms with Gasteiger partial charge >= 0.3 is 5.97 Å². The molecule has 0 aromatic carbocycles. The van der Waals surface area contributed by atoms with Crippen LogP contribution in [0.5, 0.6) is 0 Å². The topological polar surface area (TPSA) is 71.3 Å². The van der Waals surface area contributed by atoms with Crippen LogP contribution in [0.25, 0.3) is 0 Å². The van der Waals surface area contributed by atoms with Gasteiger partial charge in [0.1, 0.15) is 18.7 Å². The Balaban J connectivity index is 1.78. The lowest BCUT2D eigenvalue weighted by Crippen LogP contribution is -2.44. The lowest BCUT2D eigenvalue weighted by atomic mass is 10.2. The van der Waals surface area contributed by atoms with E-state index in [1.165, 1.54) is 6.08 Å². The van der Waals surface area contributed by atoms with Gasteiger partial charge in [-0.05, 0) is 30.6 Å². The fourth-order valence-electron chi connectivity index (χ4n) is 2.47. The average Bonchev–Trinajstić information content (AvgIpc) is 3.42. The molecule has 1 aromatic heterocycles. The number of hydrogen-bond acceptors (Lipinski definition) is 6. The highest BCUT2D eigenvalue weighted by atomic mass is 32.2. The van der Waals surface area contributed by atoms with Crippen molar-refractivity contribution in [3.05, 3.63) is 42.7 Å².